The normalized spacial score (nSPS) is 17.8. The zero-order valence-electron chi connectivity index (χ0n) is 20.0. The van der Waals surface area contributed by atoms with Crippen LogP contribution in [0.4, 0.5) is 10.3 Å². The first-order chi connectivity index (χ1) is 16.0. The van der Waals surface area contributed by atoms with E-state index in [1.54, 1.807) is 0 Å². The van der Waals surface area contributed by atoms with Gasteiger partial charge in [0.1, 0.15) is 5.82 Å². The van der Waals surface area contributed by atoms with Crippen LogP contribution in [0, 0.1) is 26.6 Å². The van der Waals surface area contributed by atoms with Crippen molar-refractivity contribution in [3.05, 3.63) is 57.9 Å². The minimum Gasteiger partial charge on any atom is -0.379 e. The second-order valence-corrected chi connectivity index (χ2v) is 9.46. The zero-order chi connectivity index (χ0) is 22.9. The van der Waals surface area contributed by atoms with Crippen LogP contribution in [-0.4, -0.2) is 66.9 Å². The fourth-order valence-corrected chi connectivity index (χ4v) is 5.13. The molecule has 2 aromatic carbocycles. The van der Waals surface area contributed by atoms with Crippen LogP contribution in [0.15, 0.2) is 24.3 Å². The fraction of sp³-hybridized carbons (Fsp3) is 0.500. The predicted octanol–water partition coefficient (Wildman–Crippen LogP) is 3.39. The molecular formula is C26H34FN5O. The number of nitrogens with zero attached hydrogens (tertiary/aromatic N) is 4. The zero-order valence-corrected chi connectivity index (χ0v) is 20.0. The number of nitrogens with one attached hydrogen (secondary N) is 1. The van der Waals surface area contributed by atoms with Gasteiger partial charge < -0.3 is 19.5 Å². The summed E-state index contributed by atoms with van der Waals surface area (Å²) in [6.45, 7) is 14.7. The molecule has 0 spiro atoms. The SMILES string of the molecule is Cc1cc(CN2CCOCC2)c2nc(N3CCNCC3)n(Cc3cc(C)c(F)c(C)c3)c2c1. The molecule has 0 saturated carbocycles. The smallest absolute Gasteiger partial charge is 0.206 e. The average molecular weight is 452 g/mol. The largest absolute Gasteiger partial charge is 0.379 e. The van der Waals surface area contributed by atoms with E-state index in [1.807, 2.05) is 26.0 Å². The van der Waals surface area contributed by atoms with Gasteiger partial charge in [-0.15, -0.1) is 0 Å². The number of aryl methyl sites for hydroxylation is 3. The number of imidazole rings is 1. The minimum absolute atomic E-state index is 0.111. The molecule has 1 aromatic heterocycles. The van der Waals surface area contributed by atoms with Gasteiger partial charge in [-0.1, -0.05) is 18.2 Å². The molecule has 3 heterocycles. The first-order valence-corrected chi connectivity index (χ1v) is 12.0. The van der Waals surface area contributed by atoms with Crippen molar-refractivity contribution in [3.8, 4) is 0 Å². The van der Waals surface area contributed by atoms with Gasteiger partial charge in [-0.25, -0.2) is 9.37 Å². The Bertz CT molecular complexity index is 1120. The number of piperazine rings is 1. The molecule has 2 aliphatic heterocycles. The van der Waals surface area contributed by atoms with Crippen LogP contribution >= 0.6 is 0 Å². The highest BCUT2D eigenvalue weighted by Gasteiger charge is 2.22. The van der Waals surface area contributed by atoms with Crippen molar-refractivity contribution in [3.63, 3.8) is 0 Å². The topological polar surface area (TPSA) is 45.6 Å². The van der Waals surface area contributed by atoms with Gasteiger partial charge in [-0.3, -0.25) is 4.90 Å². The monoisotopic (exact) mass is 451 g/mol. The quantitative estimate of drug-likeness (QED) is 0.644. The van der Waals surface area contributed by atoms with E-state index in [4.69, 9.17) is 9.72 Å². The fourth-order valence-electron chi connectivity index (χ4n) is 5.13. The molecule has 0 atom stereocenters. The minimum atomic E-state index is -0.111. The Morgan fingerprint density at radius 1 is 0.939 bits per heavy atom. The van der Waals surface area contributed by atoms with Crippen LogP contribution in [0.3, 0.4) is 0 Å². The summed E-state index contributed by atoms with van der Waals surface area (Å²) < 4.78 is 22.2. The predicted molar refractivity (Wildman–Crippen MR) is 131 cm³/mol. The standard InChI is InChI=1S/C26H34FN5O/c1-18-12-22(17-30-8-10-33-11-9-30)25-23(13-18)32(26(29-25)31-6-4-28-5-7-31)16-21-14-19(2)24(27)20(3)15-21/h12-15,28H,4-11,16-17H2,1-3H3. The Kier molecular flexibility index (Phi) is 6.36. The number of fused-ring (bicyclic) bond motifs is 1. The molecule has 2 fully saturated rings. The lowest BCUT2D eigenvalue weighted by molar-refractivity contribution is 0.0343. The maximum atomic E-state index is 14.3. The van der Waals surface area contributed by atoms with Crippen molar-refractivity contribution in [1.29, 1.82) is 0 Å². The molecule has 33 heavy (non-hydrogen) atoms. The molecule has 0 radical (unpaired) electrons. The molecule has 5 rings (SSSR count). The van der Waals surface area contributed by atoms with Crippen molar-refractivity contribution in [1.82, 2.24) is 19.8 Å². The van der Waals surface area contributed by atoms with Crippen molar-refractivity contribution < 1.29 is 9.13 Å². The average Bonchev–Trinajstić information content (AvgIpc) is 3.17. The van der Waals surface area contributed by atoms with E-state index in [2.05, 4.69) is 38.7 Å². The summed E-state index contributed by atoms with van der Waals surface area (Å²) in [6.07, 6.45) is 0. The summed E-state index contributed by atoms with van der Waals surface area (Å²) in [7, 11) is 0. The maximum Gasteiger partial charge on any atom is 0.206 e. The summed E-state index contributed by atoms with van der Waals surface area (Å²) >= 11 is 0. The lowest BCUT2D eigenvalue weighted by Crippen LogP contribution is -2.44. The van der Waals surface area contributed by atoms with Crippen LogP contribution < -0.4 is 10.2 Å². The third kappa shape index (κ3) is 4.63. The number of hydrogen-bond donors (Lipinski definition) is 1. The number of morpholine rings is 1. The molecule has 0 amide bonds. The lowest BCUT2D eigenvalue weighted by atomic mass is 10.1. The van der Waals surface area contributed by atoms with Crippen molar-refractivity contribution in [2.45, 2.75) is 33.9 Å². The van der Waals surface area contributed by atoms with Gasteiger partial charge >= 0.3 is 0 Å². The third-order valence-electron chi connectivity index (χ3n) is 6.79. The van der Waals surface area contributed by atoms with Gasteiger partial charge in [0, 0.05) is 45.8 Å². The Morgan fingerprint density at radius 3 is 2.33 bits per heavy atom. The van der Waals surface area contributed by atoms with E-state index in [9.17, 15) is 4.39 Å². The number of benzene rings is 2. The molecule has 3 aromatic rings. The molecule has 2 aliphatic rings. The van der Waals surface area contributed by atoms with Crippen LogP contribution in [0.1, 0.15) is 27.8 Å². The highest BCUT2D eigenvalue weighted by molar-refractivity contribution is 5.83. The summed E-state index contributed by atoms with van der Waals surface area (Å²) in [5, 5.41) is 3.44. The molecule has 1 N–H and O–H groups in total. The Hall–Kier alpha value is -2.48. The van der Waals surface area contributed by atoms with Gasteiger partial charge in [0.15, 0.2) is 0 Å². The number of rotatable bonds is 5. The van der Waals surface area contributed by atoms with Gasteiger partial charge in [0.05, 0.1) is 30.8 Å². The Labute approximate surface area is 195 Å². The van der Waals surface area contributed by atoms with Crippen LogP contribution in [0.25, 0.3) is 11.0 Å². The maximum absolute atomic E-state index is 14.3. The highest BCUT2D eigenvalue weighted by Crippen LogP contribution is 2.30. The van der Waals surface area contributed by atoms with Crippen LogP contribution in [0.5, 0.6) is 0 Å². The highest BCUT2D eigenvalue weighted by atomic mass is 19.1. The van der Waals surface area contributed by atoms with E-state index < -0.39 is 0 Å². The molecule has 6 nitrogen and oxygen atoms in total. The first kappa shape index (κ1) is 22.3. The van der Waals surface area contributed by atoms with E-state index in [-0.39, 0.29) is 5.82 Å². The van der Waals surface area contributed by atoms with E-state index in [1.165, 1.54) is 11.1 Å². The molecule has 0 unspecified atom stereocenters. The lowest BCUT2D eigenvalue weighted by Gasteiger charge is -2.29. The van der Waals surface area contributed by atoms with Crippen molar-refractivity contribution in [2.24, 2.45) is 0 Å². The molecule has 176 valence electrons. The van der Waals surface area contributed by atoms with E-state index in [0.29, 0.717) is 17.7 Å². The number of aromatic nitrogens is 2. The number of anilines is 1. The third-order valence-corrected chi connectivity index (χ3v) is 6.79. The second-order valence-electron chi connectivity index (χ2n) is 9.46. The summed E-state index contributed by atoms with van der Waals surface area (Å²) in [5.74, 6) is 0.903. The van der Waals surface area contributed by atoms with Crippen molar-refractivity contribution in [2.75, 3.05) is 57.4 Å². The van der Waals surface area contributed by atoms with Crippen LogP contribution in [-0.2, 0) is 17.8 Å². The molecule has 2 saturated heterocycles. The van der Waals surface area contributed by atoms with Gasteiger partial charge in [-0.2, -0.15) is 0 Å². The molecular weight excluding hydrogens is 417 g/mol. The molecule has 7 heteroatoms. The van der Waals surface area contributed by atoms with Gasteiger partial charge in [0.2, 0.25) is 5.95 Å². The second kappa shape index (κ2) is 9.41. The Morgan fingerprint density at radius 2 is 1.64 bits per heavy atom. The summed E-state index contributed by atoms with van der Waals surface area (Å²) in [4.78, 5) is 10.1. The number of ether oxygens (including phenoxy) is 1. The van der Waals surface area contributed by atoms with E-state index in [0.717, 1.165) is 81.6 Å². The molecule has 0 aliphatic carbocycles. The number of halogens is 1. The first-order valence-electron chi connectivity index (χ1n) is 12.0. The van der Waals surface area contributed by atoms with Crippen LogP contribution in [0.2, 0.25) is 0 Å². The number of hydrogen-bond acceptors (Lipinski definition) is 5. The van der Waals surface area contributed by atoms with Gasteiger partial charge in [0.25, 0.3) is 0 Å². The Balaban J connectivity index is 1.60. The molecule has 0 bridgehead atoms. The van der Waals surface area contributed by atoms with Crippen molar-refractivity contribution >= 4 is 17.0 Å². The summed E-state index contributed by atoms with van der Waals surface area (Å²) in [6, 6.07) is 8.48. The van der Waals surface area contributed by atoms with Gasteiger partial charge in [-0.05, 0) is 54.7 Å². The van der Waals surface area contributed by atoms with E-state index >= 15 is 0 Å². The summed E-state index contributed by atoms with van der Waals surface area (Å²) in [5.41, 5.74) is 7.25.